The minimum atomic E-state index is -4.53. The van der Waals surface area contributed by atoms with E-state index in [1.165, 1.54) is 15.5 Å². The Morgan fingerprint density at radius 3 is 2.73 bits per heavy atom. The first-order valence-electron chi connectivity index (χ1n) is 9.70. The van der Waals surface area contributed by atoms with Gasteiger partial charge in [-0.1, -0.05) is 6.07 Å². The quantitative estimate of drug-likeness (QED) is 0.756. The first-order valence-corrected chi connectivity index (χ1v) is 9.70. The first-order chi connectivity index (χ1) is 14.3. The molecule has 1 saturated heterocycles. The van der Waals surface area contributed by atoms with E-state index < -0.39 is 29.6 Å². The maximum absolute atomic E-state index is 13.0. The summed E-state index contributed by atoms with van der Waals surface area (Å²) in [7, 11) is 0. The zero-order valence-electron chi connectivity index (χ0n) is 16.0. The van der Waals surface area contributed by atoms with Crippen molar-refractivity contribution in [2.45, 2.75) is 56.9 Å². The van der Waals surface area contributed by atoms with Crippen LogP contribution in [-0.4, -0.2) is 42.7 Å². The number of hydrogen-bond acceptors (Lipinski definition) is 5. The van der Waals surface area contributed by atoms with Gasteiger partial charge in [0.1, 0.15) is 23.6 Å². The average molecular weight is 420 g/mol. The SMILES string of the molecule is N#C[C@@H]1CCCN1C(=O)[C@@H]1CCCc2nn(Cc3ccc(C(F)(F)F)nc3)c(=O)n21. The maximum Gasteiger partial charge on any atom is 0.433 e. The lowest BCUT2D eigenvalue weighted by Crippen LogP contribution is -2.44. The van der Waals surface area contributed by atoms with Gasteiger partial charge in [-0.2, -0.15) is 23.5 Å². The number of amides is 1. The Hall–Kier alpha value is -3.16. The lowest BCUT2D eigenvalue weighted by atomic mass is 10.0. The van der Waals surface area contributed by atoms with Crippen molar-refractivity contribution >= 4 is 5.91 Å². The predicted molar refractivity (Wildman–Crippen MR) is 97.2 cm³/mol. The molecule has 2 aliphatic rings. The molecule has 0 saturated carbocycles. The molecule has 0 aromatic carbocycles. The van der Waals surface area contributed by atoms with Gasteiger partial charge in [0.15, 0.2) is 0 Å². The minimum Gasteiger partial charge on any atom is -0.325 e. The van der Waals surface area contributed by atoms with E-state index in [1.54, 1.807) is 0 Å². The molecule has 8 nitrogen and oxygen atoms in total. The largest absolute Gasteiger partial charge is 0.433 e. The zero-order chi connectivity index (χ0) is 21.5. The Morgan fingerprint density at radius 1 is 1.27 bits per heavy atom. The number of aromatic nitrogens is 4. The number of aryl methyl sites for hydroxylation is 1. The van der Waals surface area contributed by atoms with Crippen molar-refractivity contribution in [2.75, 3.05) is 6.54 Å². The number of nitriles is 1. The lowest BCUT2D eigenvalue weighted by molar-refractivity contribution is -0.141. The van der Waals surface area contributed by atoms with Crippen molar-refractivity contribution in [3.63, 3.8) is 0 Å². The Balaban J connectivity index is 1.60. The van der Waals surface area contributed by atoms with Crippen LogP contribution in [0.5, 0.6) is 0 Å². The molecule has 0 spiro atoms. The van der Waals surface area contributed by atoms with Crippen molar-refractivity contribution in [3.8, 4) is 6.07 Å². The van der Waals surface area contributed by atoms with Gasteiger partial charge in [-0.3, -0.25) is 14.3 Å². The topological polar surface area (TPSA) is 96.8 Å². The van der Waals surface area contributed by atoms with Crippen LogP contribution in [-0.2, 0) is 23.9 Å². The number of nitrogens with zero attached hydrogens (tertiary/aromatic N) is 6. The molecule has 4 rings (SSSR count). The zero-order valence-corrected chi connectivity index (χ0v) is 16.0. The van der Waals surface area contributed by atoms with Crippen LogP contribution in [0.3, 0.4) is 0 Å². The maximum atomic E-state index is 13.0. The number of carbonyl (C=O) groups is 1. The highest BCUT2D eigenvalue weighted by atomic mass is 19.4. The molecule has 2 aromatic rings. The number of rotatable bonds is 3. The Bertz CT molecular complexity index is 1050. The number of alkyl halides is 3. The van der Waals surface area contributed by atoms with Crippen molar-refractivity contribution in [1.82, 2.24) is 24.2 Å². The smallest absolute Gasteiger partial charge is 0.325 e. The fourth-order valence-electron chi connectivity index (χ4n) is 4.08. The number of fused-ring (bicyclic) bond motifs is 1. The van der Waals surface area contributed by atoms with Gasteiger partial charge in [-0.05, 0) is 37.3 Å². The van der Waals surface area contributed by atoms with Crippen LogP contribution < -0.4 is 5.69 Å². The molecule has 2 aromatic heterocycles. The average Bonchev–Trinajstić information content (AvgIpc) is 3.32. The molecule has 0 aliphatic carbocycles. The van der Waals surface area contributed by atoms with E-state index in [1.807, 2.05) is 0 Å². The molecule has 0 N–H and O–H groups in total. The third kappa shape index (κ3) is 3.58. The van der Waals surface area contributed by atoms with Gasteiger partial charge in [-0.25, -0.2) is 9.48 Å². The van der Waals surface area contributed by atoms with Gasteiger partial charge in [0.2, 0.25) is 5.91 Å². The standard InChI is InChI=1S/C19H19F3N6O2/c20-19(21,22)15-7-6-12(10-24-15)11-27-18(30)28-14(4-1-5-16(28)25-27)17(29)26-8-2-3-13(26)9-23/h6-7,10,13-14H,1-5,8,11H2/t13-,14-/m0/s1. The van der Waals surface area contributed by atoms with E-state index in [4.69, 9.17) is 0 Å². The lowest BCUT2D eigenvalue weighted by Gasteiger charge is -2.28. The molecule has 1 amide bonds. The predicted octanol–water partition coefficient (Wildman–Crippen LogP) is 1.90. The second kappa shape index (κ2) is 7.59. The summed E-state index contributed by atoms with van der Waals surface area (Å²) >= 11 is 0. The number of carbonyl (C=O) groups excluding carboxylic acids is 1. The summed E-state index contributed by atoms with van der Waals surface area (Å²) < 4.78 is 40.5. The van der Waals surface area contributed by atoms with Gasteiger partial charge in [0, 0.05) is 19.2 Å². The second-order valence-corrected chi connectivity index (χ2v) is 7.50. The van der Waals surface area contributed by atoms with Gasteiger partial charge in [-0.15, -0.1) is 0 Å². The first kappa shape index (κ1) is 20.1. The van der Waals surface area contributed by atoms with Gasteiger partial charge < -0.3 is 4.90 Å². The molecular weight excluding hydrogens is 401 g/mol. The van der Waals surface area contributed by atoms with E-state index in [0.717, 1.165) is 23.4 Å². The van der Waals surface area contributed by atoms with Crippen LogP contribution in [0.15, 0.2) is 23.1 Å². The third-order valence-electron chi connectivity index (χ3n) is 5.55. The Kier molecular flexibility index (Phi) is 5.09. The molecular formula is C19H19F3N6O2. The van der Waals surface area contributed by atoms with Crippen LogP contribution >= 0.6 is 0 Å². The normalized spacial score (nSPS) is 21.3. The second-order valence-electron chi connectivity index (χ2n) is 7.50. The summed E-state index contributed by atoms with van der Waals surface area (Å²) in [6, 6.07) is 3.06. The van der Waals surface area contributed by atoms with Gasteiger partial charge in [0.25, 0.3) is 0 Å². The van der Waals surface area contributed by atoms with E-state index in [9.17, 15) is 28.0 Å². The van der Waals surface area contributed by atoms with Gasteiger partial charge in [0.05, 0.1) is 12.6 Å². The molecule has 11 heteroatoms. The summed E-state index contributed by atoms with van der Waals surface area (Å²) in [5, 5.41) is 13.6. The highest BCUT2D eigenvalue weighted by Gasteiger charge is 2.37. The van der Waals surface area contributed by atoms with Crippen LogP contribution in [0.25, 0.3) is 0 Å². The molecule has 158 valence electrons. The molecule has 2 aliphatic heterocycles. The van der Waals surface area contributed by atoms with Crippen LogP contribution in [0, 0.1) is 11.3 Å². The summed E-state index contributed by atoms with van der Waals surface area (Å²) in [4.78, 5) is 30.9. The Morgan fingerprint density at radius 2 is 2.07 bits per heavy atom. The van der Waals surface area contributed by atoms with Gasteiger partial charge >= 0.3 is 11.9 Å². The fourth-order valence-corrected chi connectivity index (χ4v) is 4.08. The van der Waals surface area contributed by atoms with Crippen molar-refractivity contribution in [3.05, 3.63) is 45.9 Å². The summed E-state index contributed by atoms with van der Waals surface area (Å²) in [5.41, 5.74) is -1.10. The summed E-state index contributed by atoms with van der Waals surface area (Å²) in [6.45, 7) is 0.443. The third-order valence-corrected chi connectivity index (χ3v) is 5.55. The van der Waals surface area contributed by atoms with E-state index >= 15 is 0 Å². The number of likely N-dealkylation sites (tertiary alicyclic amines) is 1. The highest BCUT2D eigenvalue weighted by molar-refractivity contribution is 5.81. The molecule has 2 atom stereocenters. The van der Waals surface area contributed by atoms with Crippen LogP contribution in [0.2, 0.25) is 0 Å². The molecule has 0 radical (unpaired) electrons. The van der Waals surface area contributed by atoms with E-state index in [0.29, 0.717) is 43.6 Å². The highest BCUT2D eigenvalue weighted by Crippen LogP contribution is 2.29. The molecule has 4 heterocycles. The van der Waals surface area contributed by atoms with Crippen LogP contribution in [0.1, 0.15) is 48.8 Å². The van der Waals surface area contributed by atoms with Crippen molar-refractivity contribution in [1.29, 1.82) is 5.26 Å². The summed E-state index contributed by atoms with van der Waals surface area (Å²) in [6.07, 6.45) is -0.409. The monoisotopic (exact) mass is 420 g/mol. The molecule has 30 heavy (non-hydrogen) atoms. The molecule has 0 unspecified atom stereocenters. The minimum absolute atomic E-state index is 0.0462. The van der Waals surface area contributed by atoms with E-state index in [-0.39, 0.29) is 12.5 Å². The van der Waals surface area contributed by atoms with E-state index in [2.05, 4.69) is 16.2 Å². The number of pyridine rings is 1. The van der Waals surface area contributed by atoms with Crippen molar-refractivity contribution in [2.24, 2.45) is 0 Å². The Labute approximate surface area is 169 Å². The fraction of sp³-hybridized carbons (Fsp3) is 0.526. The molecule has 0 bridgehead atoms. The van der Waals surface area contributed by atoms with Crippen LogP contribution in [0.4, 0.5) is 13.2 Å². The van der Waals surface area contributed by atoms with Crippen molar-refractivity contribution < 1.29 is 18.0 Å². The number of hydrogen-bond donors (Lipinski definition) is 0. The summed E-state index contributed by atoms with van der Waals surface area (Å²) in [5.74, 6) is 0.218. The molecule has 1 fully saturated rings. The number of halogens is 3.